The van der Waals surface area contributed by atoms with Crippen LogP contribution in [0, 0.1) is 0 Å². The van der Waals surface area contributed by atoms with Crippen LogP contribution in [0.15, 0.2) is 24.3 Å². The highest BCUT2D eigenvalue weighted by molar-refractivity contribution is 5.78. The standard InChI is InChI=1S/C15H18F3NO3/c16-15(17,18)10-22-13-8-4-3-7-12(13)21-9-14(20)19-11-5-1-2-6-11/h3-4,7-8,11H,1-2,5-6,9-10H2,(H,19,20). The smallest absolute Gasteiger partial charge is 0.422 e. The van der Waals surface area contributed by atoms with Gasteiger partial charge in [-0.1, -0.05) is 25.0 Å². The number of hydrogen-bond acceptors (Lipinski definition) is 3. The largest absolute Gasteiger partial charge is 0.480 e. The summed E-state index contributed by atoms with van der Waals surface area (Å²) in [6.45, 7) is -1.65. The van der Waals surface area contributed by atoms with E-state index < -0.39 is 12.8 Å². The number of alkyl halides is 3. The summed E-state index contributed by atoms with van der Waals surface area (Å²) in [5.74, 6) is -0.195. The van der Waals surface area contributed by atoms with Crippen molar-refractivity contribution in [1.82, 2.24) is 5.32 Å². The van der Waals surface area contributed by atoms with E-state index in [4.69, 9.17) is 4.74 Å². The number of ether oxygens (including phenoxy) is 2. The Bertz CT molecular complexity index is 499. The first-order valence-electron chi connectivity index (χ1n) is 7.15. The van der Waals surface area contributed by atoms with Gasteiger partial charge in [-0.05, 0) is 25.0 Å². The number of amides is 1. The van der Waals surface area contributed by atoms with Crippen molar-refractivity contribution < 1.29 is 27.4 Å². The van der Waals surface area contributed by atoms with Gasteiger partial charge in [0, 0.05) is 6.04 Å². The van der Waals surface area contributed by atoms with Crippen molar-refractivity contribution in [2.24, 2.45) is 0 Å². The summed E-state index contributed by atoms with van der Waals surface area (Å²) in [5.41, 5.74) is 0. The molecule has 1 saturated carbocycles. The predicted octanol–water partition coefficient (Wildman–Crippen LogP) is 3.07. The summed E-state index contributed by atoms with van der Waals surface area (Å²) in [5, 5.41) is 2.84. The van der Waals surface area contributed by atoms with Gasteiger partial charge in [0.25, 0.3) is 5.91 Å². The van der Waals surface area contributed by atoms with Gasteiger partial charge in [0.1, 0.15) is 0 Å². The third-order valence-corrected chi connectivity index (χ3v) is 3.32. The molecule has 4 nitrogen and oxygen atoms in total. The molecule has 0 unspecified atom stereocenters. The average Bonchev–Trinajstić information content (AvgIpc) is 2.96. The van der Waals surface area contributed by atoms with Crippen molar-refractivity contribution in [3.05, 3.63) is 24.3 Å². The lowest BCUT2D eigenvalue weighted by Gasteiger charge is -2.15. The predicted molar refractivity (Wildman–Crippen MR) is 73.9 cm³/mol. The summed E-state index contributed by atoms with van der Waals surface area (Å²) in [7, 11) is 0. The Morgan fingerprint density at radius 1 is 1.14 bits per heavy atom. The zero-order chi connectivity index (χ0) is 16.0. The molecule has 1 aromatic carbocycles. The lowest BCUT2D eigenvalue weighted by Crippen LogP contribution is -2.36. The molecule has 122 valence electrons. The highest BCUT2D eigenvalue weighted by Gasteiger charge is 2.29. The van der Waals surface area contributed by atoms with Gasteiger partial charge in [-0.2, -0.15) is 13.2 Å². The number of hydrogen-bond donors (Lipinski definition) is 1. The molecule has 0 heterocycles. The minimum Gasteiger partial charge on any atom is -0.480 e. The molecular weight excluding hydrogens is 299 g/mol. The molecule has 0 aliphatic heterocycles. The molecule has 0 spiro atoms. The zero-order valence-corrected chi connectivity index (χ0v) is 12.0. The molecule has 2 rings (SSSR count). The molecule has 1 aliphatic rings. The molecule has 1 fully saturated rings. The molecule has 0 bridgehead atoms. The number of rotatable bonds is 6. The Morgan fingerprint density at radius 2 is 1.73 bits per heavy atom. The minimum atomic E-state index is -4.42. The van der Waals surface area contributed by atoms with E-state index >= 15 is 0 Å². The van der Waals surface area contributed by atoms with Crippen LogP contribution in [0.5, 0.6) is 11.5 Å². The van der Waals surface area contributed by atoms with Gasteiger partial charge in [-0.15, -0.1) is 0 Å². The van der Waals surface area contributed by atoms with Crippen molar-refractivity contribution in [3.8, 4) is 11.5 Å². The zero-order valence-electron chi connectivity index (χ0n) is 12.0. The average molecular weight is 317 g/mol. The van der Waals surface area contributed by atoms with E-state index in [1.54, 1.807) is 6.07 Å². The second kappa shape index (κ2) is 7.38. The molecule has 22 heavy (non-hydrogen) atoms. The summed E-state index contributed by atoms with van der Waals surface area (Å²) >= 11 is 0. The molecule has 0 radical (unpaired) electrons. The van der Waals surface area contributed by atoms with Gasteiger partial charge < -0.3 is 14.8 Å². The fourth-order valence-corrected chi connectivity index (χ4v) is 2.33. The number of nitrogens with one attached hydrogen (secondary N) is 1. The highest BCUT2D eigenvalue weighted by atomic mass is 19.4. The molecule has 1 N–H and O–H groups in total. The van der Waals surface area contributed by atoms with E-state index in [-0.39, 0.29) is 30.1 Å². The first-order valence-corrected chi connectivity index (χ1v) is 7.15. The number of halogens is 3. The number of benzene rings is 1. The van der Waals surface area contributed by atoms with Crippen LogP contribution in [0.1, 0.15) is 25.7 Å². The highest BCUT2D eigenvalue weighted by Crippen LogP contribution is 2.28. The number of carbonyl (C=O) groups excluding carboxylic acids is 1. The normalized spacial score (nSPS) is 15.6. The van der Waals surface area contributed by atoms with Gasteiger partial charge in [0.2, 0.25) is 0 Å². The van der Waals surface area contributed by atoms with Crippen LogP contribution in [-0.4, -0.2) is 31.3 Å². The Kier molecular flexibility index (Phi) is 5.51. The SMILES string of the molecule is O=C(COc1ccccc1OCC(F)(F)F)NC1CCCC1. The molecule has 0 saturated heterocycles. The van der Waals surface area contributed by atoms with E-state index in [0.29, 0.717) is 0 Å². The maximum Gasteiger partial charge on any atom is 0.422 e. The molecule has 0 atom stereocenters. The van der Waals surface area contributed by atoms with Crippen LogP contribution >= 0.6 is 0 Å². The quantitative estimate of drug-likeness (QED) is 0.877. The third-order valence-electron chi connectivity index (χ3n) is 3.32. The lowest BCUT2D eigenvalue weighted by atomic mass is 10.2. The second-order valence-corrected chi connectivity index (χ2v) is 5.19. The minimum absolute atomic E-state index is 0.0338. The lowest BCUT2D eigenvalue weighted by molar-refractivity contribution is -0.153. The maximum atomic E-state index is 12.2. The summed E-state index contributed by atoms with van der Waals surface area (Å²) < 4.78 is 46.5. The Hall–Kier alpha value is -1.92. The van der Waals surface area contributed by atoms with Crippen LogP contribution in [-0.2, 0) is 4.79 Å². The van der Waals surface area contributed by atoms with Crippen molar-refractivity contribution in [3.63, 3.8) is 0 Å². The van der Waals surface area contributed by atoms with Crippen LogP contribution in [0.4, 0.5) is 13.2 Å². The van der Waals surface area contributed by atoms with Gasteiger partial charge in [0.05, 0.1) is 0 Å². The van der Waals surface area contributed by atoms with Crippen molar-refractivity contribution in [1.29, 1.82) is 0 Å². The molecule has 1 amide bonds. The maximum absolute atomic E-state index is 12.2. The molecule has 7 heteroatoms. The summed E-state index contributed by atoms with van der Waals surface area (Å²) in [6.07, 6.45) is -0.319. The van der Waals surface area contributed by atoms with Gasteiger partial charge >= 0.3 is 6.18 Å². The van der Waals surface area contributed by atoms with Crippen molar-refractivity contribution in [2.75, 3.05) is 13.2 Å². The molecule has 0 aromatic heterocycles. The van der Waals surface area contributed by atoms with Crippen LogP contribution in [0.2, 0.25) is 0 Å². The first-order chi connectivity index (χ1) is 10.4. The summed E-state index contributed by atoms with van der Waals surface area (Å²) in [4.78, 5) is 11.7. The monoisotopic (exact) mass is 317 g/mol. The van der Waals surface area contributed by atoms with E-state index in [9.17, 15) is 18.0 Å². The molecule has 1 aliphatic carbocycles. The summed E-state index contributed by atoms with van der Waals surface area (Å²) in [6, 6.07) is 6.15. The van der Waals surface area contributed by atoms with E-state index in [1.807, 2.05) is 0 Å². The number of carbonyl (C=O) groups is 1. The topological polar surface area (TPSA) is 47.6 Å². The van der Waals surface area contributed by atoms with Gasteiger partial charge in [0.15, 0.2) is 24.7 Å². The van der Waals surface area contributed by atoms with Gasteiger partial charge in [-0.25, -0.2) is 0 Å². The van der Waals surface area contributed by atoms with E-state index in [0.717, 1.165) is 25.7 Å². The fourth-order valence-electron chi connectivity index (χ4n) is 2.33. The second-order valence-electron chi connectivity index (χ2n) is 5.19. The van der Waals surface area contributed by atoms with E-state index in [1.165, 1.54) is 18.2 Å². The van der Waals surface area contributed by atoms with Crippen LogP contribution < -0.4 is 14.8 Å². The first kappa shape index (κ1) is 16.5. The molecule has 1 aromatic rings. The van der Waals surface area contributed by atoms with Gasteiger partial charge in [-0.3, -0.25) is 4.79 Å². The fraction of sp³-hybridized carbons (Fsp3) is 0.533. The Labute approximate surface area is 126 Å². The Morgan fingerprint density at radius 3 is 2.32 bits per heavy atom. The number of para-hydroxylation sites is 2. The van der Waals surface area contributed by atoms with Crippen molar-refractivity contribution in [2.45, 2.75) is 37.9 Å². The third kappa shape index (κ3) is 5.46. The van der Waals surface area contributed by atoms with E-state index in [2.05, 4.69) is 10.1 Å². The van der Waals surface area contributed by atoms with Crippen molar-refractivity contribution >= 4 is 5.91 Å². The Balaban J connectivity index is 1.85. The van der Waals surface area contributed by atoms with Crippen LogP contribution in [0.25, 0.3) is 0 Å². The molecular formula is C15H18F3NO3. The van der Waals surface area contributed by atoms with Crippen LogP contribution in [0.3, 0.4) is 0 Å².